The zero-order valence-corrected chi connectivity index (χ0v) is 10.9. The normalized spacial score (nSPS) is 16.9. The summed E-state index contributed by atoms with van der Waals surface area (Å²) in [6.07, 6.45) is 0.767. The van der Waals surface area contributed by atoms with Gasteiger partial charge in [-0.3, -0.25) is 0 Å². The molecule has 0 aromatic heterocycles. The Kier molecular flexibility index (Phi) is 3.89. The van der Waals surface area contributed by atoms with Crippen molar-refractivity contribution in [1.29, 1.82) is 0 Å². The first kappa shape index (κ1) is 12.2. The van der Waals surface area contributed by atoms with E-state index < -0.39 is 6.09 Å². The number of hydrogen-bond acceptors (Lipinski definition) is 2. The van der Waals surface area contributed by atoms with Gasteiger partial charge in [-0.1, -0.05) is 22.0 Å². The summed E-state index contributed by atoms with van der Waals surface area (Å²) in [5.41, 5.74) is 0. The van der Waals surface area contributed by atoms with Gasteiger partial charge >= 0.3 is 6.09 Å². The van der Waals surface area contributed by atoms with Crippen molar-refractivity contribution in [3.8, 4) is 5.75 Å². The van der Waals surface area contributed by atoms with Crippen molar-refractivity contribution in [2.75, 3.05) is 13.1 Å². The quantitative estimate of drug-likeness (QED) is 0.913. The van der Waals surface area contributed by atoms with Crippen LogP contribution in [0, 0.1) is 0 Å². The number of carboxylic acid groups (broad SMARTS) is 1. The molecule has 1 N–H and O–H groups in total. The number of rotatable bonds is 2. The molecule has 1 aliphatic rings. The van der Waals surface area contributed by atoms with Crippen LogP contribution in [0.25, 0.3) is 0 Å². The SMILES string of the molecule is O=C(O)N1CCC(Oc2cccc(Br)c2)CC1. The molecule has 1 fully saturated rings. The Hall–Kier alpha value is -1.23. The smallest absolute Gasteiger partial charge is 0.407 e. The van der Waals surface area contributed by atoms with Gasteiger partial charge < -0.3 is 14.7 Å². The Morgan fingerprint density at radius 3 is 2.71 bits per heavy atom. The Morgan fingerprint density at radius 1 is 1.41 bits per heavy atom. The minimum Gasteiger partial charge on any atom is -0.490 e. The van der Waals surface area contributed by atoms with Crippen LogP contribution in [-0.2, 0) is 0 Å². The number of likely N-dealkylation sites (tertiary alicyclic amines) is 1. The van der Waals surface area contributed by atoms with Crippen LogP contribution in [0.2, 0.25) is 0 Å². The topological polar surface area (TPSA) is 49.8 Å². The van der Waals surface area contributed by atoms with Gasteiger partial charge in [-0.25, -0.2) is 4.79 Å². The molecule has 1 saturated heterocycles. The molecule has 1 heterocycles. The van der Waals surface area contributed by atoms with Crippen LogP contribution < -0.4 is 4.74 Å². The summed E-state index contributed by atoms with van der Waals surface area (Å²) in [4.78, 5) is 12.2. The second kappa shape index (κ2) is 5.40. The van der Waals surface area contributed by atoms with Crippen LogP contribution >= 0.6 is 15.9 Å². The lowest BCUT2D eigenvalue weighted by Crippen LogP contribution is -2.41. The zero-order chi connectivity index (χ0) is 12.3. The predicted molar refractivity (Wildman–Crippen MR) is 67.4 cm³/mol. The molecule has 92 valence electrons. The van der Waals surface area contributed by atoms with E-state index in [-0.39, 0.29) is 6.10 Å². The molecule has 17 heavy (non-hydrogen) atoms. The average molecular weight is 300 g/mol. The molecule has 1 aliphatic heterocycles. The highest BCUT2D eigenvalue weighted by molar-refractivity contribution is 9.10. The highest BCUT2D eigenvalue weighted by Gasteiger charge is 2.23. The second-order valence-corrected chi connectivity index (χ2v) is 4.96. The van der Waals surface area contributed by atoms with Gasteiger partial charge in [-0.2, -0.15) is 0 Å². The molecule has 1 aromatic rings. The number of carbonyl (C=O) groups is 1. The molecule has 0 spiro atoms. The van der Waals surface area contributed by atoms with E-state index in [2.05, 4.69) is 15.9 Å². The lowest BCUT2D eigenvalue weighted by atomic mass is 10.1. The van der Waals surface area contributed by atoms with Gasteiger partial charge in [0.25, 0.3) is 0 Å². The molecule has 0 bridgehead atoms. The molecule has 0 aliphatic carbocycles. The maximum absolute atomic E-state index is 10.7. The van der Waals surface area contributed by atoms with E-state index in [1.54, 1.807) is 0 Å². The van der Waals surface area contributed by atoms with Gasteiger partial charge in [-0.05, 0) is 18.2 Å². The molecule has 5 heteroatoms. The van der Waals surface area contributed by atoms with Gasteiger partial charge in [0.2, 0.25) is 0 Å². The van der Waals surface area contributed by atoms with E-state index in [1.165, 1.54) is 4.90 Å². The van der Waals surface area contributed by atoms with Gasteiger partial charge in [0.1, 0.15) is 11.9 Å². The lowest BCUT2D eigenvalue weighted by Gasteiger charge is -2.30. The highest BCUT2D eigenvalue weighted by atomic mass is 79.9. The van der Waals surface area contributed by atoms with Crippen LogP contribution in [-0.4, -0.2) is 35.3 Å². The van der Waals surface area contributed by atoms with E-state index in [0.29, 0.717) is 13.1 Å². The Morgan fingerprint density at radius 2 is 2.12 bits per heavy atom. The summed E-state index contributed by atoms with van der Waals surface area (Å²) in [7, 11) is 0. The van der Waals surface area contributed by atoms with Crippen LogP contribution in [0.3, 0.4) is 0 Å². The molecule has 4 nitrogen and oxygen atoms in total. The standard InChI is InChI=1S/C12H14BrNO3/c13-9-2-1-3-11(8-9)17-10-4-6-14(7-5-10)12(15)16/h1-3,8,10H,4-7H2,(H,15,16). The first-order valence-corrected chi connectivity index (χ1v) is 6.34. The third-order valence-corrected chi connectivity index (χ3v) is 3.30. The number of benzene rings is 1. The van der Waals surface area contributed by atoms with Gasteiger partial charge in [0.05, 0.1) is 0 Å². The third kappa shape index (κ3) is 3.36. The monoisotopic (exact) mass is 299 g/mol. The highest BCUT2D eigenvalue weighted by Crippen LogP contribution is 2.22. The van der Waals surface area contributed by atoms with Crippen molar-refractivity contribution in [3.63, 3.8) is 0 Å². The van der Waals surface area contributed by atoms with E-state index in [0.717, 1.165) is 23.1 Å². The number of halogens is 1. The van der Waals surface area contributed by atoms with E-state index in [9.17, 15) is 4.79 Å². The Labute approximate surface area is 108 Å². The molecular weight excluding hydrogens is 286 g/mol. The largest absolute Gasteiger partial charge is 0.490 e. The second-order valence-electron chi connectivity index (χ2n) is 4.04. The number of amides is 1. The fraction of sp³-hybridized carbons (Fsp3) is 0.417. The molecule has 1 aromatic carbocycles. The third-order valence-electron chi connectivity index (χ3n) is 2.81. The van der Waals surface area contributed by atoms with E-state index in [1.807, 2.05) is 24.3 Å². The average Bonchev–Trinajstić information content (AvgIpc) is 2.29. The van der Waals surface area contributed by atoms with Crippen molar-refractivity contribution in [1.82, 2.24) is 4.90 Å². The first-order chi connectivity index (χ1) is 8.15. The van der Waals surface area contributed by atoms with Gasteiger partial charge in [0.15, 0.2) is 0 Å². The fourth-order valence-corrected chi connectivity index (χ4v) is 2.28. The maximum atomic E-state index is 10.7. The summed E-state index contributed by atoms with van der Waals surface area (Å²) in [6.45, 7) is 1.10. The summed E-state index contributed by atoms with van der Waals surface area (Å²) in [6, 6.07) is 7.70. The lowest BCUT2D eigenvalue weighted by molar-refractivity contribution is 0.0894. The number of piperidine rings is 1. The summed E-state index contributed by atoms with van der Waals surface area (Å²) < 4.78 is 6.80. The first-order valence-electron chi connectivity index (χ1n) is 5.55. The number of ether oxygens (including phenoxy) is 1. The number of nitrogens with zero attached hydrogens (tertiary/aromatic N) is 1. The minimum absolute atomic E-state index is 0.111. The van der Waals surface area contributed by atoms with Crippen LogP contribution in [0.4, 0.5) is 4.79 Å². The van der Waals surface area contributed by atoms with E-state index in [4.69, 9.17) is 9.84 Å². The van der Waals surface area contributed by atoms with Crippen LogP contribution in [0.15, 0.2) is 28.7 Å². The molecule has 2 rings (SSSR count). The van der Waals surface area contributed by atoms with Crippen LogP contribution in [0.1, 0.15) is 12.8 Å². The van der Waals surface area contributed by atoms with Crippen molar-refractivity contribution < 1.29 is 14.6 Å². The van der Waals surface area contributed by atoms with Crippen molar-refractivity contribution >= 4 is 22.0 Å². The molecule has 0 atom stereocenters. The fourth-order valence-electron chi connectivity index (χ4n) is 1.90. The summed E-state index contributed by atoms with van der Waals surface area (Å²) in [5.74, 6) is 0.827. The molecule has 0 saturated carbocycles. The van der Waals surface area contributed by atoms with Crippen molar-refractivity contribution in [3.05, 3.63) is 28.7 Å². The van der Waals surface area contributed by atoms with Crippen molar-refractivity contribution in [2.24, 2.45) is 0 Å². The van der Waals surface area contributed by atoms with Crippen LogP contribution in [0.5, 0.6) is 5.75 Å². The van der Waals surface area contributed by atoms with E-state index >= 15 is 0 Å². The number of hydrogen-bond donors (Lipinski definition) is 1. The molecular formula is C12H14BrNO3. The molecule has 0 unspecified atom stereocenters. The zero-order valence-electron chi connectivity index (χ0n) is 9.30. The van der Waals surface area contributed by atoms with Crippen molar-refractivity contribution in [2.45, 2.75) is 18.9 Å². The molecule has 0 radical (unpaired) electrons. The maximum Gasteiger partial charge on any atom is 0.407 e. The summed E-state index contributed by atoms with van der Waals surface area (Å²) >= 11 is 3.39. The minimum atomic E-state index is -0.842. The van der Waals surface area contributed by atoms with Gasteiger partial charge in [0, 0.05) is 30.4 Å². The van der Waals surface area contributed by atoms with Gasteiger partial charge in [-0.15, -0.1) is 0 Å². The molecule has 1 amide bonds. The summed E-state index contributed by atoms with van der Waals surface area (Å²) in [5, 5.41) is 8.83. The Bertz CT molecular complexity index is 402. The predicted octanol–water partition coefficient (Wildman–Crippen LogP) is 2.97. The Balaban J connectivity index is 1.88.